The minimum atomic E-state index is 0. The van der Waals surface area contributed by atoms with Gasteiger partial charge in [0.1, 0.15) is 0 Å². The van der Waals surface area contributed by atoms with Crippen LogP contribution in [0.1, 0.15) is 54.3 Å². The molecule has 1 heteroatoms. The van der Waals surface area contributed by atoms with E-state index in [1.807, 2.05) is 0 Å². The zero-order chi connectivity index (χ0) is 8.97. The molecule has 12 heavy (non-hydrogen) atoms. The van der Waals surface area contributed by atoms with Crippen LogP contribution in [0.3, 0.4) is 0 Å². The molecule has 0 unspecified atom stereocenters. The fourth-order valence-corrected chi connectivity index (χ4v) is 2.21. The lowest BCUT2D eigenvalue weighted by molar-refractivity contribution is 0.276. The second-order valence-electron chi connectivity index (χ2n) is 4.45. The molecule has 0 aromatic rings. The van der Waals surface area contributed by atoms with Crippen molar-refractivity contribution in [2.75, 3.05) is 0 Å². The molecule has 1 aliphatic carbocycles. The Morgan fingerprint density at radius 1 is 1.25 bits per heavy atom. The minimum Gasteiger partial charge on any atom is -0.312 e. The predicted octanol–water partition coefficient (Wildman–Crippen LogP) is 3.20. The highest BCUT2D eigenvalue weighted by atomic mass is 14.9. The summed E-state index contributed by atoms with van der Waals surface area (Å²) in [6.45, 7) is 6.80. The van der Waals surface area contributed by atoms with Crippen molar-refractivity contribution in [1.29, 1.82) is 0 Å². The Bertz CT molecular complexity index is 117. The van der Waals surface area contributed by atoms with Crippen molar-refractivity contribution >= 4 is 0 Å². The van der Waals surface area contributed by atoms with Crippen LogP contribution in [0.4, 0.5) is 0 Å². The third-order valence-electron chi connectivity index (χ3n) is 2.99. The molecule has 0 radical (unpaired) electrons. The first-order valence-corrected chi connectivity index (χ1v) is 5.48. The number of hydrogen-bond donors (Lipinski definition) is 1. The van der Waals surface area contributed by atoms with Gasteiger partial charge in [-0.25, -0.2) is 0 Å². The highest BCUT2D eigenvalue weighted by molar-refractivity contribution is 4.77. The van der Waals surface area contributed by atoms with E-state index in [4.69, 9.17) is 0 Å². The standard InChI is InChI=1S/C11H23N.H2/c1-4-10-5-7-11(8-6-10)12-9(2)3;/h9-12H,4-8H2,1-3H3;1H. The lowest BCUT2D eigenvalue weighted by atomic mass is 9.84. The summed E-state index contributed by atoms with van der Waals surface area (Å²) >= 11 is 0. The highest BCUT2D eigenvalue weighted by Gasteiger charge is 2.19. The Hall–Kier alpha value is -0.0400. The summed E-state index contributed by atoms with van der Waals surface area (Å²) in [6.07, 6.45) is 7.07. The number of rotatable bonds is 3. The lowest BCUT2D eigenvalue weighted by Gasteiger charge is -2.29. The van der Waals surface area contributed by atoms with E-state index >= 15 is 0 Å². The molecule has 0 saturated heterocycles. The summed E-state index contributed by atoms with van der Waals surface area (Å²) in [5.41, 5.74) is 0. The average Bonchev–Trinajstić information content (AvgIpc) is 2.05. The quantitative estimate of drug-likeness (QED) is 0.687. The first-order chi connectivity index (χ1) is 5.72. The van der Waals surface area contributed by atoms with Crippen LogP contribution in [0.15, 0.2) is 0 Å². The summed E-state index contributed by atoms with van der Waals surface area (Å²) in [5.74, 6) is 1.02. The van der Waals surface area contributed by atoms with Gasteiger partial charge in [0.25, 0.3) is 0 Å². The predicted molar refractivity (Wildman–Crippen MR) is 56.4 cm³/mol. The third kappa shape index (κ3) is 3.14. The fourth-order valence-electron chi connectivity index (χ4n) is 2.21. The molecule has 1 aliphatic rings. The Balaban J connectivity index is 0.00000144. The molecule has 1 saturated carbocycles. The average molecular weight is 171 g/mol. The van der Waals surface area contributed by atoms with Gasteiger partial charge in [0, 0.05) is 13.5 Å². The lowest BCUT2D eigenvalue weighted by Crippen LogP contribution is -2.37. The molecule has 0 heterocycles. The molecule has 74 valence electrons. The molecular formula is C11H25N. The van der Waals surface area contributed by atoms with Crippen molar-refractivity contribution in [3.8, 4) is 0 Å². The molecule has 0 aliphatic heterocycles. The largest absolute Gasteiger partial charge is 0.312 e. The van der Waals surface area contributed by atoms with Gasteiger partial charge >= 0.3 is 0 Å². The van der Waals surface area contributed by atoms with Crippen molar-refractivity contribution in [2.24, 2.45) is 5.92 Å². The number of hydrogen-bond acceptors (Lipinski definition) is 1. The van der Waals surface area contributed by atoms with Gasteiger partial charge < -0.3 is 5.32 Å². The van der Waals surface area contributed by atoms with E-state index in [1.165, 1.54) is 32.1 Å². The van der Waals surface area contributed by atoms with Crippen molar-refractivity contribution in [1.82, 2.24) is 5.32 Å². The summed E-state index contributed by atoms with van der Waals surface area (Å²) in [5, 5.41) is 3.63. The van der Waals surface area contributed by atoms with Crippen LogP contribution in [0, 0.1) is 5.92 Å². The van der Waals surface area contributed by atoms with E-state index in [2.05, 4.69) is 26.1 Å². The monoisotopic (exact) mass is 171 g/mol. The smallest absolute Gasteiger partial charge is 0.00696 e. The van der Waals surface area contributed by atoms with Crippen LogP contribution in [0.2, 0.25) is 0 Å². The first-order valence-electron chi connectivity index (χ1n) is 5.48. The van der Waals surface area contributed by atoms with Gasteiger partial charge in [-0.15, -0.1) is 0 Å². The first kappa shape index (κ1) is 10.0. The van der Waals surface area contributed by atoms with Gasteiger partial charge in [-0.3, -0.25) is 0 Å². The van der Waals surface area contributed by atoms with Crippen LogP contribution >= 0.6 is 0 Å². The Morgan fingerprint density at radius 2 is 1.83 bits per heavy atom. The zero-order valence-corrected chi connectivity index (χ0v) is 8.77. The van der Waals surface area contributed by atoms with E-state index in [-0.39, 0.29) is 1.43 Å². The van der Waals surface area contributed by atoms with E-state index in [1.54, 1.807) is 0 Å². The summed E-state index contributed by atoms with van der Waals surface area (Å²) < 4.78 is 0. The highest BCUT2D eigenvalue weighted by Crippen LogP contribution is 2.26. The van der Waals surface area contributed by atoms with Crippen molar-refractivity contribution in [3.05, 3.63) is 0 Å². The molecule has 0 atom stereocenters. The van der Waals surface area contributed by atoms with Crippen molar-refractivity contribution in [2.45, 2.75) is 65.0 Å². The van der Waals surface area contributed by atoms with E-state index < -0.39 is 0 Å². The van der Waals surface area contributed by atoms with Gasteiger partial charge in [0.15, 0.2) is 0 Å². The topological polar surface area (TPSA) is 12.0 Å². The second-order valence-corrected chi connectivity index (χ2v) is 4.45. The molecule has 1 rings (SSSR count). The van der Waals surface area contributed by atoms with Gasteiger partial charge in [-0.2, -0.15) is 0 Å². The minimum absolute atomic E-state index is 0. The molecule has 1 nitrogen and oxygen atoms in total. The van der Waals surface area contributed by atoms with Gasteiger partial charge in [0.2, 0.25) is 0 Å². The summed E-state index contributed by atoms with van der Waals surface area (Å²) in [7, 11) is 0. The van der Waals surface area contributed by atoms with E-state index in [9.17, 15) is 0 Å². The molecule has 1 fully saturated rings. The van der Waals surface area contributed by atoms with Gasteiger partial charge in [0.05, 0.1) is 0 Å². The van der Waals surface area contributed by atoms with Crippen LogP contribution in [-0.2, 0) is 0 Å². The molecule has 0 amide bonds. The SMILES string of the molecule is CCC1CCC(NC(C)C)CC1.[HH]. The third-order valence-corrected chi connectivity index (χ3v) is 2.99. The van der Waals surface area contributed by atoms with Gasteiger partial charge in [-0.1, -0.05) is 27.2 Å². The van der Waals surface area contributed by atoms with Crippen LogP contribution in [0.5, 0.6) is 0 Å². The number of nitrogens with one attached hydrogen (secondary N) is 1. The molecule has 1 N–H and O–H groups in total. The van der Waals surface area contributed by atoms with Crippen molar-refractivity contribution in [3.63, 3.8) is 0 Å². The van der Waals surface area contributed by atoms with Crippen LogP contribution in [0.25, 0.3) is 0 Å². The van der Waals surface area contributed by atoms with E-state index in [0.717, 1.165) is 12.0 Å². The maximum atomic E-state index is 3.63. The molecular weight excluding hydrogens is 146 g/mol. The van der Waals surface area contributed by atoms with Crippen LogP contribution < -0.4 is 5.32 Å². The Morgan fingerprint density at radius 3 is 2.25 bits per heavy atom. The molecule has 0 aromatic carbocycles. The Labute approximate surface area is 78.4 Å². The zero-order valence-electron chi connectivity index (χ0n) is 8.77. The summed E-state index contributed by atoms with van der Waals surface area (Å²) in [6, 6.07) is 1.47. The van der Waals surface area contributed by atoms with Crippen LogP contribution in [-0.4, -0.2) is 12.1 Å². The van der Waals surface area contributed by atoms with Crippen molar-refractivity contribution < 1.29 is 1.43 Å². The fraction of sp³-hybridized carbons (Fsp3) is 1.00. The molecule has 0 spiro atoms. The maximum Gasteiger partial charge on any atom is 0.00696 e. The van der Waals surface area contributed by atoms with Gasteiger partial charge in [-0.05, 0) is 31.6 Å². The Kier molecular flexibility index (Phi) is 4.07. The normalized spacial score (nSPS) is 31.0. The maximum absolute atomic E-state index is 3.63. The molecule has 0 aromatic heterocycles. The molecule has 0 bridgehead atoms. The van der Waals surface area contributed by atoms with E-state index in [0.29, 0.717) is 6.04 Å². The second kappa shape index (κ2) is 4.86. The summed E-state index contributed by atoms with van der Waals surface area (Å²) in [4.78, 5) is 0.